The first-order chi connectivity index (χ1) is 10.9. The first-order valence-corrected chi connectivity index (χ1v) is 6.71. The molecule has 4 N–H and O–H groups in total. The Morgan fingerprint density at radius 1 is 0.957 bits per heavy atom. The van der Waals surface area contributed by atoms with Crippen LogP contribution in [0.3, 0.4) is 0 Å². The number of carbonyl (C=O) groups excluding carboxylic acids is 3. The predicted octanol–water partition coefficient (Wildman–Crippen LogP) is 0.394. The van der Waals surface area contributed by atoms with Crippen LogP contribution in [0.1, 0.15) is 31.1 Å². The fraction of sp³-hybridized carbons (Fsp3) is 0.0625. The molecule has 3 rings (SSSR count). The van der Waals surface area contributed by atoms with Crippen LogP contribution in [-0.4, -0.2) is 33.4 Å². The summed E-state index contributed by atoms with van der Waals surface area (Å²) in [6.07, 6.45) is 0. The van der Waals surface area contributed by atoms with Crippen LogP contribution < -0.4 is 10.9 Å². The van der Waals surface area contributed by atoms with Gasteiger partial charge in [-0.3, -0.25) is 19.8 Å². The quantitative estimate of drug-likeness (QED) is 0.370. The maximum atomic E-state index is 12.2. The second kappa shape index (κ2) is 5.31. The number of rotatable bonds is 3. The minimum absolute atomic E-state index is 0.0825. The smallest absolute Gasteiger partial charge is 0.265 e. The standard InChI is InChI=1S/C16H12N2O5/c19-10-5-3-4-9(8-10)15(22)17-18-16(23)13(20)11-6-1-2-7-12(11)14(16)21/h1-8,18-19,23H,(H,17,22). The van der Waals surface area contributed by atoms with Gasteiger partial charge in [0.25, 0.3) is 11.6 Å². The van der Waals surface area contributed by atoms with Crippen molar-refractivity contribution in [1.82, 2.24) is 10.9 Å². The monoisotopic (exact) mass is 312 g/mol. The molecule has 2 aromatic carbocycles. The first-order valence-electron chi connectivity index (χ1n) is 6.71. The fourth-order valence-corrected chi connectivity index (χ4v) is 2.35. The summed E-state index contributed by atoms with van der Waals surface area (Å²) in [6.45, 7) is 0. The molecule has 0 fully saturated rings. The number of ketones is 2. The van der Waals surface area contributed by atoms with Gasteiger partial charge in [-0.2, -0.15) is 5.43 Å². The van der Waals surface area contributed by atoms with E-state index in [1.807, 2.05) is 0 Å². The van der Waals surface area contributed by atoms with E-state index < -0.39 is 23.2 Å². The van der Waals surface area contributed by atoms with Gasteiger partial charge in [-0.15, -0.1) is 0 Å². The Kier molecular flexibility index (Phi) is 3.44. The number of aliphatic hydroxyl groups is 1. The molecule has 7 heteroatoms. The Balaban J connectivity index is 1.80. The lowest BCUT2D eigenvalue weighted by Crippen LogP contribution is -2.61. The largest absolute Gasteiger partial charge is 0.508 e. The number of aromatic hydroxyl groups is 1. The highest BCUT2D eigenvalue weighted by atomic mass is 16.3. The summed E-state index contributed by atoms with van der Waals surface area (Å²) in [5.74, 6) is -2.51. The molecule has 0 unspecified atom stereocenters. The fourth-order valence-electron chi connectivity index (χ4n) is 2.35. The molecule has 116 valence electrons. The average Bonchev–Trinajstić information content (AvgIpc) is 2.75. The third-order valence-corrected chi connectivity index (χ3v) is 3.54. The number of nitrogens with one attached hydrogen (secondary N) is 2. The normalized spacial score (nSPS) is 15.3. The second-order valence-electron chi connectivity index (χ2n) is 5.04. The molecule has 0 aliphatic heterocycles. The zero-order valence-electron chi connectivity index (χ0n) is 11.7. The van der Waals surface area contributed by atoms with Gasteiger partial charge in [0, 0.05) is 16.7 Å². The van der Waals surface area contributed by atoms with E-state index in [0.29, 0.717) is 0 Å². The predicted molar refractivity (Wildman–Crippen MR) is 78.8 cm³/mol. The van der Waals surface area contributed by atoms with Gasteiger partial charge >= 0.3 is 0 Å². The number of Topliss-reactive ketones (excluding diaryl/α,β-unsaturated/α-hetero) is 2. The molecule has 2 aromatic rings. The Morgan fingerprint density at radius 2 is 1.57 bits per heavy atom. The van der Waals surface area contributed by atoms with Crippen LogP contribution in [0.4, 0.5) is 0 Å². The van der Waals surface area contributed by atoms with Crippen molar-refractivity contribution < 1.29 is 24.6 Å². The number of carbonyl (C=O) groups is 3. The van der Waals surface area contributed by atoms with E-state index in [4.69, 9.17) is 0 Å². The first kappa shape index (κ1) is 14.9. The van der Waals surface area contributed by atoms with Crippen LogP contribution in [0.15, 0.2) is 48.5 Å². The highest BCUT2D eigenvalue weighted by Gasteiger charge is 2.52. The summed E-state index contributed by atoms with van der Waals surface area (Å²) >= 11 is 0. The molecule has 0 radical (unpaired) electrons. The molecule has 23 heavy (non-hydrogen) atoms. The van der Waals surface area contributed by atoms with Gasteiger partial charge in [0.1, 0.15) is 5.75 Å². The van der Waals surface area contributed by atoms with Crippen molar-refractivity contribution in [2.24, 2.45) is 0 Å². The van der Waals surface area contributed by atoms with Gasteiger partial charge in [-0.25, -0.2) is 0 Å². The lowest BCUT2D eigenvalue weighted by atomic mass is 10.1. The number of amides is 1. The molecule has 0 saturated heterocycles. The molecular formula is C16H12N2O5. The van der Waals surface area contributed by atoms with Crippen LogP contribution in [0.25, 0.3) is 0 Å². The van der Waals surface area contributed by atoms with Crippen molar-refractivity contribution in [2.75, 3.05) is 0 Å². The molecule has 0 spiro atoms. The lowest BCUT2D eigenvalue weighted by Gasteiger charge is -2.21. The van der Waals surface area contributed by atoms with Gasteiger partial charge < -0.3 is 10.2 Å². The zero-order chi connectivity index (χ0) is 16.6. The Labute approximate surface area is 130 Å². The topological polar surface area (TPSA) is 116 Å². The molecule has 0 aromatic heterocycles. The van der Waals surface area contributed by atoms with Gasteiger partial charge in [-0.05, 0) is 18.2 Å². The third-order valence-electron chi connectivity index (χ3n) is 3.54. The van der Waals surface area contributed by atoms with E-state index >= 15 is 0 Å². The summed E-state index contributed by atoms with van der Waals surface area (Å²) < 4.78 is 0. The molecule has 1 amide bonds. The summed E-state index contributed by atoms with van der Waals surface area (Å²) in [6, 6.07) is 11.5. The van der Waals surface area contributed by atoms with E-state index in [0.717, 1.165) is 0 Å². The summed E-state index contributed by atoms with van der Waals surface area (Å²) in [5.41, 5.74) is 1.92. The van der Waals surface area contributed by atoms with E-state index in [9.17, 15) is 24.6 Å². The highest BCUT2D eigenvalue weighted by molar-refractivity contribution is 6.31. The van der Waals surface area contributed by atoms with Crippen molar-refractivity contribution in [1.29, 1.82) is 0 Å². The number of phenolic OH excluding ortho intramolecular Hbond substituents is 1. The maximum absolute atomic E-state index is 12.2. The molecule has 0 heterocycles. The van der Waals surface area contributed by atoms with Gasteiger partial charge in [0.05, 0.1) is 0 Å². The zero-order valence-corrected chi connectivity index (χ0v) is 11.7. The lowest BCUT2D eigenvalue weighted by molar-refractivity contribution is 0.0138. The number of phenols is 1. The number of hydrogen-bond acceptors (Lipinski definition) is 6. The minimum Gasteiger partial charge on any atom is -0.508 e. The van der Waals surface area contributed by atoms with Gasteiger partial charge in [0.2, 0.25) is 11.6 Å². The number of hydrogen-bond donors (Lipinski definition) is 4. The van der Waals surface area contributed by atoms with Crippen molar-refractivity contribution in [3.05, 3.63) is 65.2 Å². The Hall–Kier alpha value is -3.03. The second-order valence-corrected chi connectivity index (χ2v) is 5.04. The molecule has 1 aliphatic rings. The van der Waals surface area contributed by atoms with Gasteiger partial charge in [-0.1, -0.05) is 30.3 Å². The summed E-state index contributed by atoms with van der Waals surface area (Å²) in [4.78, 5) is 36.4. The van der Waals surface area contributed by atoms with Crippen molar-refractivity contribution >= 4 is 17.5 Å². The average molecular weight is 312 g/mol. The van der Waals surface area contributed by atoms with Gasteiger partial charge in [0.15, 0.2) is 0 Å². The van der Waals surface area contributed by atoms with Crippen LogP contribution in [0.2, 0.25) is 0 Å². The highest BCUT2D eigenvalue weighted by Crippen LogP contribution is 2.27. The van der Waals surface area contributed by atoms with E-state index in [2.05, 4.69) is 10.9 Å². The molecule has 1 aliphatic carbocycles. The van der Waals surface area contributed by atoms with Crippen LogP contribution in [0, 0.1) is 0 Å². The van der Waals surface area contributed by atoms with Crippen molar-refractivity contribution in [3.8, 4) is 5.75 Å². The van der Waals surface area contributed by atoms with E-state index in [-0.39, 0.29) is 22.4 Å². The maximum Gasteiger partial charge on any atom is 0.265 e. The molecule has 7 nitrogen and oxygen atoms in total. The SMILES string of the molecule is O=C(NNC1(O)C(=O)c2ccccc2C1=O)c1cccc(O)c1. The Bertz CT molecular complexity index is 796. The van der Waals surface area contributed by atoms with Crippen LogP contribution in [-0.2, 0) is 0 Å². The van der Waals surface area contributed by atoms with Crippen LogP contribution in [0.5, 0.6) is 5.75 Å². The minimum atomic E-state index is -2.55. The molecule has 0 atom stereocenters. The van der Waals surface area contributed by atoms with Crippen molar-refractivity contribution in [2.45, 2.75) is 5.72 Å². The van der Waals surface area contributed by atoms with Crippen LogP contribution >= 0.6 is 0 Å². The third kappa shape index (κ3) is 2.37. The molecular weight excluding hydrogens is 300 g/mol. The Morgan fingerprint density at radius 3 is 2.13 bits per heavy atom. The molecule has 0 saturated carbocycles. The number of fused-ring (bicyclic) bond motifs is 1. The summed E-state index contributed by atoms with van der Waals surface area (Å²) in [5, 5.41) is 19.7. The number of benzene rings is 2. The number of hydrazine groups is 1. The molecule has 0 bridgehead atoms. The van der Waals surface area contributed by atoms with Crippen molar-refractivity contribution in [3.63, 3.8) is 0 Å². The van der Waals surface area contributed by atoms with E-state index in [1.54, 1.807) is 12.1 Å². The van der Waals surface area contributed by atoms with E-state index in [1.165, 1.54) is 36.4 Å². The summed E-state index contributed by atoms with van der Waals surface area (Å²) in [7, 11) is 0.